The van der Waals surface area contributed by atoms with Crippen molar-refractivity contribution in [3.63, 3.8) is 0 Å². The smallest absolute Gasteiger partial charge is 0.333 e. The monoisotopic (exact) mass is 288 g/mol. The van der Waals surface area contributed by atoms with Crippen molar-refractivity contribution in [3.05, 3.63) is 17.0 Å². The Kier molecular flexibility index (Phi) is 6.06. The normalized spacial score (nSPS) is 12.8. The van der Waals surface area contributed by atoms with Crippen molar-refractivity contribution in [2.45, 2.75) is 46.7 Å². The number of carbonyl (C=O) groups excluding carboxylic acids is 1. The number of nitrogens with zero attached hydrogens (tertiary/aromatic N) is 2. The van der Waals surface area contributed by atoms with Gasteiger partial charge >= 0.3 is 6.55 Å². The Hall–Kier alpha value is -1.50. The highest BCUT2D eigenvalue weighted by molar-refractivity contribution is 5.79. The number of hydrogen-bond donors (Lipinski definition) is 2. The van der Waals surface area contributed by atoms with E-state index in [1.165, 1.54) is 0 Å². The Bertz CT molecular complexity index is 459. The van der Waals surface area contributed by atoms with Gasteiger partial charge in [-0.25, -0.2) is 4.68 Å². The number of halogens is 2. The summed E-state index contributed by atoms with van der Waals surface area (Å²) in [5.74, 6) is -0.185. The lowest BCUT2D eigenvalue weighted by Crippen LogP contribution is -2.39. The highest BCUT2D eigenvalue weighted by Gasteiger charge is 2.19. The molecule has 1 aromatic heterocycles. The number of carbonyl (C=O) groups is 1. The topological polar surface area (TPSA) is 58.9 Å². The summed E-state index contributed by atoms with van der Waals surface area (Å²) in [5.41, 5.74) is 1.38. The van der Waals surface area contributed by atoms with Crippen molar-refractivity contribution in [2.24, 2.45) is 0 Å². The summed E-state index contributed by atoms with van der Waals surface area (Å²) < 4.78 is 26.0. The molecule has 0 spiro atoms. The maximum Gasteiger partial charge on any atom is 0.333 e. The zero-order valence-corrected chi connectivity index (χ0v) is 12.3. The summed E-state index contributed by atoms with van der Waals surface area (Å²) >= 11 is 0. The van der Waals surface area contributed by atoms with Gasteiger partial charge in [0.15, 0.2) is 0 Å². The molecule has 0 fully saturated rings. The average Bonchev–Trinajstić information content (AvgIpc) is 2.65. The minimum atomic E-state index is -2.68. The van der Waals surface area contributed by atoms with E-state index in [1.807, 2.05) is 13.8 Å². The number of rotatable bonds is 7. The number of aromatic nitrogens is 2. The molecule has 114 valence electrons. The Morgan fingerprint density at radius 3 is 2.55 bits per heavy atom. The average molecular weight is 288 g/mol. The molecule has 20 heavy (non-hydrogen) atoms. The summed E-state index contributed by atoms with van der Waals surface area (Å²) in [6, 6.07) is 0.176. The first-order valence-electron chi connectivity index (χ1n) is 6.69. The van der Waals surface area contributed by atoms with Crippen LogP contribution in [0.3, 0.4) is 0 Å². The lowest BCUT2D eigenvalue weighted by Gasteiger charge is -2.13. The van der Waals surface area contributed by atoms with Crippen LogP contribution in [0.2, 0.25) is 0 Å². The fraction of sp³-hybridized carbons (Fsp3) is 0.692. The van der Waals surface area contributed by atoms with E-state index in [1.54, 1.807) is 13.8 Å². The second kappa shape index (κ2) is 7.33. The van der Waals surface area contributed by atoms with Crippen LogP contribution in [0.15, 0.2) is 0 Å². The lowest BCUT2D eigenvalue weighted by atomic mass is 10.1. The molecule has 1 amide bonds. The molecule has 0 saturated heterocycles. The number of alkyl halides is 2. The van der Waals surface area contributed by atoms with Gasteiger partial charge in [0.1, 0.15) is 0 Å². The third kappa shape index (κ3) is 4.26. The number of nitrogens with one attached hydrogen (secondary N) is 2. The van der Waals surface area contributed by atoms with E-state index in [0.29, 0.717) is 28.2 Å². The standard InChI is InChI=1S/C13H22F2N4O/c1-5-16-8(2)7-17-12(20)6-11-9(3)18-19(10(11)4)13(14)15/h8,13,16H,5-7H2,1-4H3,(H,17,20)/t8-/m1/s1. The van der Waals surface area contributed by atoms with Gasteiger partial charge < -0.3 is 10.6 Å². The van der Waals surface area contributed by atoms with E-state index in [0.717, 1.165) is 6.54 Å². The molecule has 1 atom stereocenters. The molecule has 0 aliphatic rings. The van der Waals surface area contributed by atoms with Crippen molar-refractivity contribution in [2.75, 3.05) is 13.1 Å². The lowest BCUT2D eigenvalue weighted by molar-refractivity contribution is -0.120. The maximum atomic E-state index is 12.7. The molecule has 0 saturated carbocycles. The summed E-state index contributed by atoms with van der Waals surface area (Å²) in [7, 11) is 0. The molecule has 1 rings (SSSR count). The molecule has 0 aliphatic heterocycles. The predicted molar refractivity (Wildman–Crippen MR) is 72.8 cm³/mol. The molecule has 0 unspecified atom stereocenters. The van der Waals surface area contributed by atoms with Gasteiger partial charge in [-0.3, -0.25) is 4.79 Å². The third-order valence-electron chi connectivity index (χ3n) is 3.16. The minimum absolute atomic E-state index is 0.0727. The van der Waals surface area contributed by atoms with E-state index in [9.17, 15) is 13.6 Å². The fourth-order valence-corrected chi connectivity index (χ4v) is 2.05. The van der Waals surface area contributed by atoms with E-state index in [4.69, 9.17) is 0 Å². The fourth-order valence-electron chi connectivity index (χ4n) is 2.05. The van der Waals surface area contributed by atoms with Gasteiger partial charge in [0, 0.05) is 23.8 Å². The van der Waals surface area contributed by atoms with E-state index in [-0.39, 0.29) is 18.4 Å². The van der Waals surface area contributed by atoms with Crippen LogP contribution in [0.4, 0.5) is 8.78 Å². The highest BCUT2D eigenvalue weighted by Crippen LogP contribution is 2.19. The summed E-state index contributed by atoms with van der Waals surface area (Å²) in [4.78, 5) is 11.8. The van der Waals surface area contributed by atoms with Gasteiger partial charge in [0.05, 0.1) is 12.1 Å². The molecule has 1 aromatic rings. The van der Waals surface area contributed by atoms with Crippen molar-refractivity contribution < 1.29 is 13.6 Å². The summed E-state index contributed by atoms with van der Waals surface area (Å²) in [5, 5.41) is 9.72. The van der Waals surface area contributed by atoms with Gasteiger partial charge in [-0.2, -0.15) is 13.9 Å². The molecular formula is C13H22F2N4O. The SMILES string of the molecule is CCN[C@H](C)CNC(=O)Cc1c(C)nn(C(F)F)c1C. The van der Waals surface area contributed by atoms with E-state index < -0.39 is 6.55 Å². The molecule has 0 bridgehead atoms. The van der Waals surface area contributed by atoms with Gasteiger partial charge in [0.2, 0.25) is 5.91 Å². The van der Waals surface area contributed by atoms with Crippen LogP contribution in [0, 0.1) is 13.8 Å². The first-order chi connectivity index (χ1) is 9.36. The number of amides is 1. The zero-order chi connectivity index (χ0) is 15.3. The summed E-state index contributed by atoms with van der Waals surface area (Å²) in [6.45, 7) is 5.80. The molecule has 1 heterocycles. The van der Waals surface area contributed by atoms with Crippen LogP contribution in [0.1, 0.15) is 37.3 Å². The molecular weight excluding hydrogens is 266 g/mol. The molecule has 5 nitrogen and oxygen atoms in total. The van der Waals surface area contributed by atoms with Crippen LogP contribution in [0.5, 0.6) is 0 Å². The summed E-state index contributed by atoms with van der Waals surface area (Å²) in [6.07, 6.45) is 0.0727. The molecule has 2 N–H and O–H groups in total. The highest BCUT2D eigenvalue weighted by atomic mass is 19.3. The maximum absolute atomic E-state index is 12.7. The Morgan fingerprint density at radius 2 is 2.05 bits per heavy atom. The van der Waals surface area contributed by atoms with Gasteiger partial charge in [-0.1, -0.05) is 6.92 Å². The van der Waals surface area contributed by atoms with Crippen LogP contribution >= 0.6 is 0 Å². The van der Waals surface area contributed by atoms with Crippen molar-refractivity contribution in [1.82, 2.24) is 20.4 Å². The van der Waals surface area contributed by atoms with Gasteiger partial charge in [-0.05, 0) is 27.3 Å². The van der Waals surface area contributed by atoms with Gasteiger partial charge in [-0.15, -0.1) is 0 Å². The Balaban J connectivity index is 2.62. The van der Waals surface area contributed by atoms with Crippen molar-refractivity contribution in [3.8, 4) is 0 Å². The van der Waals surface area contributed by atoms with Crippen molar-refractivity contribution >= 4 is 5.91 Å². The Labute approximate surface area is 117 Å². The number of likely N-dealkylation sites (N-methyl/N-ethyl adjacent to an activating group) is 1. The molecule has 0 aliphatic carbocycles. The third-order valence-corrected chi connectivity index (χ3v) is 3.16. The quantitative estimate of drug-likeness (QED) is 0.800. The first kappa shape index (κ1) is 16.6. The van der Waals surface area contributed by atoms with Crippen LogP contribution in [-0.4, -0.2) is 34.8 Å². The molecule has 7 heteroatoms. The predicted octanol–water partition coefficient (Wildman–Crippen LogP) is 1.55. The Morgan fingerprint density at radius 1 is 1.40 bits per heavy atom. The number of hydrogen-bond acceptors (Lipinski definition) is 3. The largest absolute Gasteiger partial charge is 0.354 e. The van der Waals surface area contributed by atoms with Gasteiger partial charge in [0.25, 0.3) is 0 Å². The van der Waals surface area contributed by atoms with E-state index in [2.05, 4.69) is 15.7 Å². The van der Waals surface area contributed by atoms with Crippen LogP contribution in [-0.2, 0) is 11.2 Å². The second-order valence-corrected chi connectivity index (χ2v) is 4.81. The van der Waals surface area contributed by atoms with Crippen LogP contribution < -0.4 is 10.6 Å². The van der Waals surface area contributed by atoms with Crippen LogP contribution in [0.25, 0.3) is 0 Å². The zero-order valence-electron chi connectivity index (χ0n) is 12.3. The van der Waals surface area contributed by atoms with E-state index >= 15 is 0 Å². The molecule has 0 radical (unpaired) electrons. The minimum Gasteiger partial charge on any atom is -0.354 e. The second-order valence-electron chi connectivity index (χ2n) is 4.81. The van der Waals surface area contributed by atoms with Crippen molar-refractivity contribution in [1.29, 1.82) is 0 Å². The first-order valence-corrected chi connectivity index (χ1v) is 6.69. The number of aryl methyl sites for hydroxylation is 1. The molecule has 0 aromatic carbocycles.